The van der Waals surface area contributed by atoms with Gasteiger partial charge >= 0.3 is 5.69 Å². The van der Waals surface area contributed by atoms with E-state index in [4.69, 9.17) is 16.3 Å². The summed E-state index contributed by atoms with van der Waals surface area (Å²) in [5.41, 5.74) is 0.564. The minimum Gasteiger partial charge on any atom is -0.375 e. The van der Waals surface area contributed by atoms with Crippen LogP contribution in [0.25, 0.3) is 0 Å². The van der Waals surface area contributed by atoms with Gasteiger partial charge in [-0.25, -0.2) is 9.78 Å². The number of nitrogens with zero attached hydrogens (tertiary/aromatic N) is 2. The molecule has 22 heavy (non-hydrogen) atoms. The largest absolute Gasteiger partial charge is 0.375 e. The maximum atomic E-state index is 11.7. The number of nitrogens with one attached hydrogen (secondary N) is 1. The number of hydrogen-bond acceptors (Lipinski definition) is 4. The number of carbonyl (C=O) groups excluding carboxylic acids is 1. The lowest BCUT2D eigenvalue weighted by Gasteiger charge is -2.07. The van der Waals surface area contributed by atoms with Gasteiger partial charge in [-0.05, 0) is 23.8 Å². The van der Waals surface area contributed by atoms with E-state index in [1.807, 2.05) is 12.1 Å². The molecule has 1 amide bonds. The summed E-state index contributed by atoms with van der Waals surface area (Å²) in [6, 6.07) is 8.97. The molecule has 0 fully saturated rings. The van der Waals surface area contributed by atoms with Crippen molar-refractivity contribution in [2.75, 3.05) is 13.2 Å². The molecule has 2 rings (SSSR count). The highest BCUT2D eigenvalue weighted by molar-refractivity contribution is 6.30. The maximum Gasteiger partial charge on any atom is 0.347 e. The van der Waals surface area contributed by atoms with E-state index in [0.717, 1.165) is 5.56 Å². The average Bonchev–Trinajstić information content (AvgIpc) is 2.51. The van der Waals surface area contributed by atoms with Gasteiger partial charge < -0.3 is 10.1 Å². The molecule has 116 valence electrons. The number of aromatic nitrogens is 2. The number of ether oxygens (including phenoxy) is 1. The third kappa shape index (κ3) is 5.31. The van der Waals surface area contributed by atoms with Crippen LogP contribution in [0.2, 0.25) is 5.02 Å². The van der Waals surface area contributed by atoms with Crippen molar-refractivity contribution in [3.05, 3.63) is 63.8 Å². The minimum absolute atomic E-state index is 0.0517. The molecule has 0 atom stereocenters. The Kier molecular flexibility index (Phi) is 6.12. The third-order valence-corrected chi connectivity index (χ3v) is 3.10. The van der Waals surface area contributed by atoms with Crippen molar-refractivity contribution < 1.29 is 9.53 Å². The molecule has 0 radical (unpaired) electrons. The lowest BCUT2D eigenvalue weighted by molar-refractivity contribution is -0.122. The van der Waals surface area contributed by atoms with Gasteiger partial charge in [-0.3, -0.25) is 9.36 Å². The average molecular weight is 322 g/mol. The summed E-state index contributed by atoms with van der Waals surface area (Å²) >= 11 is 5.79. The Labute approximate surface area is 132 Å². The molecule has 0 unspecified atom stereocenters. The maximum absolute atomic E-state index is 11.7. The van der Waals surface area contributed by atoms with Crippen molar-refractivity contribution in [1.29, 1.82) is 0 Å². The third-order valence-electron chi connectivity index (χ3n) is 2.85. The minimum atomic E-state index is -0.448. The lowest BCUT2D eigenvalue weighted by Crippen LogP contribution is -2.34. The second kappa shape index (κ2) is 8.31. The fourth-order valence-corrected chi connectivity index (χ4v) is 1.88. The summed E-state index contributed by atoms with van der Waals surface area (Å²) in [5.74, 6) is -0.259. The van der Waals surface area contributed by atoms with Crippen LogP contribution in [0.3, 0.4) is 0 Å². The number of hydrogen-bond donors (Lipinski definition) is 1. The van der Waals surface area contributed by atoms with E-state index < -0.39 is 5.69 Å². The molecule has 0 aliphatic rings. The van der Waals surface area contributed by atoms with E-state index in [0.29, 0.717) is 24.8 Å². The first-order valence-electron chi connectivity index (χ1n) is 6.75. The zero-order valence-corrected chi connectivity index (χ0v) is 12.6. The first kappa shape index (κ1) is 16.2. The van der Waals surface area contributed by atoms with Gasteiger partial charge in [0.1, 0.15) is 6.54 Å². The van der Waals surface area contributed by atoms with Gasteiger partial charge in [0.15, 0.2) is 0 Å². The van der Waals surface area contributed by atoms with Crippen molar-refractivity contribution in [1.82, 2.24) is 14.9 Å². The van der Waals surface area contributed by atoms with Gasteiger partial charge in [0.2, 0.25) is 5.91 Å². The summed E-state index contributed by atoms with van der Waals surface area (Å²) in [4.78, 5) is 26.6. The standard InChI is InChI=1S/C15H16ClN3O3/c16-13-4-2-12(3-5-13)11-22-9-7-17-14(20)10-19-8-1-6-18-15(19)21/h1-6,8H,7,9-11H2,(H,17,20). The van der Waals surface area contributed by atoms with E-state index in [9.17, 15) is 9.59 Å². The predicted molar refractivity (Wildman–Crippen MR) is 82.6 cm³/mol. The van der Waals surface area contributed by atoms with Crippen molar-refractivity contribution in [2.45, 2.75) is 13.2 Å². The van der Waals surface area contributed by atoms with Crippen LogP contribution in [0, 0.1) is 0 Å². The molecule has 1 N–H and O–H groups in total. The number of benzene rings is 1. The van der Waals surface area contributed by atoms with Gasteiger partial charge in [-0.2, -0.15) is 0 Å². The van der Waals surface area contributed by atoms with Gasteiger partial charge in [-0.1, -0.05) is 23.7 Å². The van der Waals surface area contributed by atoms with Gasteiger partial charge in [0.25, 0.3) is 0 Å². The van der Waals surface area contributed by atoms with Crippen molar-refractivity contribution in [3.8, 4) is 0 Å². The first-order valence-corrected chi connectivity index (χ1v) is 7.13. The summed E-state index contributed by atoms with van der Waals surface area (Å²) in [6.07, 6.45) is 2.91. The topological polar surface area (TPSA) is 73.2 Å². The van der Waals surface area contributed by atoms with Crippen LogP contribution in [0.5, 0.6) is 0 Å². The molecule has 6 nitrogen and oxygen atoms in total. The Morgan fingerprint density at radius 3 is 2.82 bits per heavy atom. The van der Waals surface area contributed by atoms with Crippen LogP contribution in [0.15, 0.2) is 47.5 Å². The van der Waals surface area contributed by atoms with E-state index in [-0.39, 0.29) is 12.5 Å². The predicted octanol–water partition coefficient (Wildman–Crippen LogP) is 1.23. The van der Waals surface area contributed by atoms with Crippen LogP contribution < -0.4 is 11.0 Å². The monoisotopic (exact) mass is 321 g/mol. The molecule has 2 aromatic rings. The Hall–Kier alpha value is -2.18. The number of halogens is 1. The van der Waals surface area contributed by atoms with Crippen molar-refractivity contribution in [3.63, 3.8) is 0 Å². The van der Waals surface area contributed by atoms with Crippen molar-refractivity contribution in [2.24, 2.45) is 0 Å². The molecule has 0 saturated carbocycles. The van der Waals surface area contributed by atoms with Gasteiger partial charge in [-0.15, -0.1) is 0 Å². The number of amides is 1. The summed E-state index contributed by atoms with van der Waals surface area (Å²) in [6.45, 7) is 1.16. The van der Waals surface area contributed by atoms with E-state index >= 15 is 0 Å². The van der Waals surface area contributed by atoms with E-state index in [2.05, 4.69) is 10.3 Å². The highest BCUT2D eigenvalue weighted by atomic mass is 35.5. The molecule has 1 aromatic heterocycles. The number of carbonyl (C=O) groups is 1. The molecule has 1 aromatic carbocycles. The Morgan fingerprint density at radius 1 is 1.32 bits per heavy atom. The van der Waals surface area contributed by atoms with Gasteiger partial charge in [0, 0.05) is 24.0 Å². The quantitative estimate of drug-likeness (QED) is 0.778. The zero-order chi connectivity index (χ0) is 15.8. The van der Waals surface area contributed by atoms with Crippen LogP contribution in [0.4, 0.5) is 0 Å². The van der Waals surface area contributed by atoms with E-state index in [1.54, 1.807) is 18.2 Å². The molecule has 0 bridgehead atoms. The molecular weight excluding hydrogens is 306 g/mol. The normalized spacial score (nSPS) is 10.4. The molecular formula is C15H16ClN3O3. The van der Waals surface area contributed by atoms with Crippen LogP contribution in [-0.4, -0.2) is 28.6 Å². The van der Waals surface area contributed by atoms with Crippen LogP contribution >= 0.6 is 11.6 Å². The highest BCUT2D eigenvalue weighted by Gasteiger charge is 2.03. The van der Waals surface area contributed by atoms with Gasteiger partial charge in [0.05, 0.1) is 13.2 Å². The zero-order valence-electron chi connectivity index (χ0n) is 11.9. The fourth-order valence-electron chi connectivity index (χ4n) is 1.75. The molecule has 0 aliphatic heterocycles. The smallest absolute Gasteiger partial charge is 0.347 e. The fraction of sp³-hybridized carbons (Fsp3) is 0.267. The van der Waals surface area contributed by atoms with Crippen LogP contribution in [-0.2, 0) is 22.7 Å². The molecule has 0 spiro atoms. The number of rotatable bonds is 7. The Balaban J connectivity index is 1.64. The Bertz CT molecular complexity index is 670. The molecule has 0 aliphatic carbocycles. The SMILES string of the molecule is O=C(Cn1cccnc1=O)NCCOCc1ccc(Cl)cc1. The lowest BCUT2D eigenvalue weighted by atomic mass is 10.2. The summed E-state index contributed by atoms with van der Waals surface area (Å²) in [7, 11) is 0. The molecule has 7 heteroatoms. The van der Waals surface area contributed by atoms with Crippen LogP contribution in [0.1, 0.15) is 5.56 Å². The Morgan fingerprint density at radius 2 is 2.09 bits per heavy atom. The van der Waals surface area contributed by atoms with Crippen molar-refractivity contribution >= 4 is 17.5 Å². The highest BCUT2D eigenvalue weighted by Crippen LogP contribution is 2.09. The first-order chi connectivity index (χ1) is 10.6. The summed E-state index contributed by atoms with van der Waals surface area (Å²) < 4.78 is 6.69. The second-order valence-electron chi connectivity index (χ2n) is 4.56. The molecule has 0 saturated heterocycles. The second-order valence-corrected chi connectivity index (χ2v) is 5.00. The molecule has 1 heterocycles. The van der Waals surface area contributed by atoms with E-state index in [1.165, 1.54) is 17.0 Å². The summed E-state index contributed by atoms with van der Waals surface area (Å²) in [5, 5.41) is 3.36.